The van der Waals surface area contributed by atoms with Gasteiger partial charge in [-0.1, -0.05) is 11.6 Å². The topological polar surface area (TPSA) is 79.4 Å². The van der Waals surface area contributed by atoms with Gasteiger partial charge in [0, 0.05) is 31.4 Å². The molecule has 1 N–H and O–H groups in total. The maximum absolute atomic E-state index is 12.4. The molecule has 0 aromatic carbocycles. The molecule has 1 atom stereocenters. The maximum atomic E-state index is 12.4. The Labute approximate surface area is 129 Å². The minimum atomic E-state index is -3.20. The lowest BCUT2D eigenvalue weighted by atomic mass is 9.98. The van der Waals surface area contributed by atoms with Gasteiger partial charge < -0.3 is 4.90 Å². The third-order valence-electron chi connectivity index (χ3n) is 3.41. The molecule has 1 saturated heterocycles. The SMILES string of the molecule is CS(=O)(=O)NCC1CCCN(C(=O)c2ccnc(Cl)c2)C1. The normalized spacial score (nSPS) is 19.5. The van der Waals surface area contributed by atoms with Crippen LogP contribution >= 0.6 is 11.6 Å². The van der Waals surface area contributed by atoms with Gasteiger partial charge in [-0.05, 0) is 30.9 Å². The molecule has 0 bridgehead atoms. The quantitative estimate of drug-likeness (QED) is 0.839. The van der Waals surface area contributed by atoms with Gasteiger partial charge in [0.05, 0.1) is 6.26 Å². The lowest BCUT2D eigenvalue weighted by Crippen LogP contribution is -2.43. The Morgan fingerprint density at radius 3 is 3.00 bits per heavy atom. The first kappa shape index (κ1) is 16.2. The molecule has 116 valence electrons. The number of sulfonamides is 1. The lowest BCUT2D eigenvalue weighted by Gasteiger charge is -2.32. The van der Waals surface area contributed by atoms with Gasteiger partial charge in [0.25, 0.3) is 5.91 Å². The number of hydrogen-bond donors (Lipinski definition) is 1. The zero-order chi connectivity index (χ0) is 15.5. The van der Waals surface area contributed by atoms with E-state index in [4.69, 9.17) is 11.6 Å². The highest BCUT2D eigenvalue weighted by Crippen LogP contribution is 2.19. The van der Waals surface area contributed by atoms with E-state index in [2.05, 4.69) is 9.71 Å². The summed E-state index contributed by atoms with van der Waals surface area (Å²) in [5.74, 6) is 0.0399. The third-order valence-corrected chi connectivity index (χ3v) is 4.31. The Bertz CT molecular complexity index is 621. The smallest absolute Gasteiger partial charge is 0.254 e. The molecule has 1 amide bonds. The second-order valence-corrected chi connectivity index (χ2v) is 7.47. The van der Waals surface area contributed by atoms with E-state index in [-0.39, 0.29) is 17.0 Å². The number of nitrogens with one attached hydrogen (secondary N) is 1. The predicted octanol–water partition coefficient (Wildman–Crippen LogP) is 1.14. The Hall–Kier alpha value is -1.18. The summed E-state index contributed by atoms with van der Waals surface area (Å²) in [7, 11) is -3.20. The van der Waals surface area contributed by atoms with Gasteiger partial charge in [0.1, 0.15) is 5.15 Å². The minimum Gasteiger partial charge on any atom is -0.338 e. The van der Waals surface area contributed by atoms with Crippen LogP contribution in [-0.4, -0.2) is 50.1 Å². The summed E-state index contributed by atoms with van der Waals surface area (Å²) < 4.78 is 24.8. The van der Waals surface area contributed by atoms with Crippen molar-refractivity contribution in [1.29, 1.82) is 0 Å². The number of likely N-dealkylation sites (tertiary alicyclic amines) is 1. The number of hydrogen-bond acceptors (Lipinski definition) is 4. The fourth-order valence-corrected chi connectivity index (χ4v) is 3.12. The Kier molecular flexibility index (Phi) is 5.18. The Morgan fingerprint density at radius 1 is 1.57 bits per heavy atom. The molecule has 1 aliphatic heterocycles. The first-order valence-corrected chi connectivity index (χ1v) is 8.97. The summed E-state index contributed by atoms with van der Waals surface area (Å²) in [4.78, 5) is 18.0. The van der Waals surface area contributed by atoms with Crippen LogP contribution < -0.4 is 4.72 Å². The molecule has 1 aliphatic rings. The van der Waals surface area contributed by atoms with Crippen molar-refractivity contribution in [2.45, 2.75) is 12.8 Å². The van der Waals surface area contributed by atoms with E-state index in [0.717, 1.165) is 19.1 Å². The summed E-state index contributed by atoms with van der Waals surface area (Å²) in [5, 5.41) is 0.285. The van der Waals surface area contributed by atoms with E-state index < -0.39 is 10.0 Å². The highest BCUT2D eigenvalue weighted by Gasteiger charge is 2.25. The van der Waals surface area contributed by atoms with Crippen LogP contribution in [0.4, 0.5) is 0 Å². The molecule has 6 nitrogen and oxygen atoms in total. The van der Waals surface area contributed by atoms with Crippen LogP contribution in [0, 0.1) is 5.92 Å². The van der Waals surface area contributed by atoms with Crippen molar-refractivity contribution in [2.75, 3.05) is 25.9 Å². The van der Waals surface area contributed by atoms with Crippen molar-refractivity contribution in [3.05, 3.63) is 29.0 Å². The number of pyridine rings is 1. The third kappa shape index (κ3) is 4.94. The number of aromatic nitrogens is 1. The number of carbonyl (C=O) groups excluding carboxylic acids is 1. The van der Waals surface area contributed by atoms with E-state index in [9.17, 15) is 13.2 Å². The van der Waals surface area contributed by atoms with Gasteiger partial charge in [-0.15, -0.1) is 0 Å². The average Bonchev–Trinajstić information content (AvgIpc) is 2.44. The maximum Gasteiger partial charge on any atom is 0.254 e. The van der Waals surface area contributed by atoms with Crippen LogP contribution in [0.3, 0.4) is 0 Å². The van der Waals surface area contributed by atoms with E-state index in [1.165, 1.54) is 6.20 Å². The Balaban J connectivity index is 1.99. The van der Waals surface area contributed by atoms with Crippen molar-refractivity contribution in [1.82, 2.24) is 14.6 Å². The van der Waals surface area contributed by atoms with Crippen molar-refractivity contribution < 1.29 is 13.2 Å². The molecule has 2 rings (SSSR count). The molecular weight excluding hydrogens is 314 g/mol. The van der Waals surface area contributed by atoms with Crippen molar-refractivity contribution in [2.24, 2.45) is 5.92 Å². The lowest BCUT2D eigenvalue weighted by molar-refractivity contribution is 0.0676. The van der Waals surface area contributed by atoms with Crippen LogP contribution in [-0.2, 0) is 10.0 Å². The predicted molar refractivity (Wildman–Crippen MR) is 80.7 cm³/mol. The number of amides is 1. The van der Waals surface area contributed by atoms with Crippen LogP contribution in [0.1, 0.15) is 23.2 Å². The Morgan fingerprint density at radius 2 is 2.33 bits per heavy atom. The zero-order valence-electron chi connectivity index (χ0n) is 11.8. The van der Waals surface area contributed by atoms with Gasteiger partial charge in [0.2, 0.25) is 10.0 Å². The number of rotatable bonds is 4. The summed E-state index contributed by atoms with van der Waals surface area (Å²) in [5.41, 5.74) is 0.506. The molecule has 1 unspecified atom stereocenters. The molecule has 0 saturated carbocycles. The van der Waals surface area contributed by atoms with Crippen molar-refractivity contribution >= 4 is 27.5 Å². The fourth-order valence-electron chi connectivity index (χ4n) is 2.40. The zero-order valence-corrected chi connectivity index (χ0v) is 13.3. The summed E-state index contributed by atoms with van der Waals surface area (Å²) in [6.45, 7) is 1.58. The molecule has 2 heterocycles. The van der Waals surface area contributed by atoms with Gasteiger partial charge in [0.15, 0.2) is 0 Å². The minimum absolute atomic E-state index is 0.0941. The summed E-state index contributed by atoms with van der Waals surface area (Å²) >= 11 is 5.80. The van der Waals surface area contributed by atoms with E-state index in [0.29, 0.717) is 25.2 Å². The first-order valence-electron chi connectivity index (χ1n) is 6.70. The second kappa shape index (κ2) is 6.72. The second-order valence-electron chi connectivity index (χ2n) is 5.25. The van der Waals surface area contributed by atoms with E-state index in [1.54, 1.807) is 17.0 Å². The van der Waals surface area contributed by atoms with Crippen LogP contribution in [0.25, 0.3) is 0 Å². The van der Waals surface area contributed by atoms with Crippen LogP contribution in [0.15, 0.2) is 18.3 Å². The van der Waals surface area contributed by atoms with E-state index in [1.807, 2.05) is 0 Å². The highest BCUT2D eigenvalue weighted by atomic mass is 35.5. The summed E-state index contributed by atoms with van der Waals surface area (Å²) in [6, 6.07) is 3.18. The number of halogens is 1. The monoisotopic (exact) mass is 331 g/mol. The number of carbonyl (C=O) groups is 1. The van der Waals surface area contributed by atoms with Gasteiger partial charge in [-0.3, -0.25) is 4.79 Å². The number of piperidine rings is 1. The van der Waals surface area contributed by atoms with Gasteiger partial charge >= 0.3 is 0 Å². The highest BCUT2D eigenvalue weighted by molar-refractivity contribution is 7.88. The van der Waals surface area contributed by atoms with Gasteiger partial charge in [-0.25, -0.2) is 18.1 Å². The first-order chi connectivity index (χ1) is 9.85. The fraction of sp³-hybridized carbons (Fsp3) is 0.538. The van der Waals surface area contributed by atoms with E-state index >= 15 is 0 Å². The van der Waals surface area contributed by atoms with Crippen molar-refractivity contribution in [3.63, 3.8) is 0 Å². The standard InChI is InChI=1S/C13H18ClN3O3S/c1-21(19,20)16-8-10-3-2-6-17(9-10)13(18)11-4-5-15-12(14)7-11/h4-5,7,10,16H,2-3,6,8-9H2,1H3. The van der Waals surface area contributed by atoms with Crippen molar-refractivity contribution in [3.8, 4) is 0 Å². The molecular formula is C13H18ClN3O3S. The average molecular weight is 332 g/mol. The summed E-state index contributed by atoms with van der Waals surface area (Å²) in [6.07, 6.45) is 4.41. The number of nitrogens with zero attached hydrogens (tertiary/aromatic N) is 2. The molecule has 1 aromatic rings. The molecule has 0 aliphatic carbocycles. The largest absolute Gasteiger partial charge is 0.338 e. The molecule has 1 fully saturated rings. The molecule has 1 aromatic heterocycles. The molecule has 0 radical (unpaired) electrons. The molecule has 8 heteroatoms. The van der Waals surface area contributed by atoms with Gasteiger partial charge in [-0.2, -0.15) is 0 Å². The van der Waals surface area contributed by atoms with Crippen LogP contribution in [0.5, 0.6) is 0 Å². The molecule has 21 heavy (non-hydrogen) atoms. The molecule has 0 spiro atoms. The van der Waals surface area contributed by atoms with Crippen LogP contribution in [0.2, 0.25) is 5.15 Å².